The monoisotopic (exact) mass is 320 g/mol. The molecule has 23 heavy (non-hydrogen) atoms. The van der Waals surface area contributed by atoms with Gasteiger partial charge in [-0.05, 0) is 19.0 Å². The van der Waals surface area contributed by atoms with Gasteiger partial charge in [-0.2, -0.15) is 5.10 Å². The predicted octanol–water partition coefficient (Wildman–Crippen LogP) is 0.115. The quantitative estimate of drug-likeness (QED) is 0.633. The molecule has 0 amide bonds. The van der Waals surface area contributed by atoms with Crippen LogP contribution in [0.3, 0.4) is 0 Å². The zero-order valence-electron chi connectivity index (χ0n) is 14.4. The van der Waals surface area contributed by atoms with E-state index in [1.165, 1.54) is 5.56 Å². The Kier molecular flexibility index (Phi) is 5.17. The molecule has 0 aromatic carbocycles. The highest BCUT2D eigenvalue weighted by Gasteiger charge is 2.27. The van der Waals surface area contributed by atoms with Crippen LogP contribution in [0.2, 0.25) is 0 Å². The molecule has 0 bridgehead atoms. The van der Waals surface area contributed by atoms with Gasteiger partial charge in [0, 0.05) is 58.9 Å². The van der Waals surface area contributed by atoms with Crippen LogP contribution in [0.25, 0.3) is 0 Å². The molecule has 3 rings (SSSR count). The van der Waals surface area contributed by atoms with Crippen LogP contribution in [0.15, 0.2) is 17.4 Å². The van der Waals surface area contributed by atoms with Gasteiger partial charge >= 0.3 is 0 Å². The molecule has 0 spiro atoms. The molecular weight excluding hydrogens is 292 g/mol. The average molecular weight is 320 g/mol. The number of aryl methyl sites for hydroxylation is 1. The minimum absolute atomic E-state index is 0.238. The highest BCUT2D eigenvalue weighted by Crippen LogP contribution is 2.26. The molecule has 0 radical (unpaired) electrons. The lowest BCUT2D eigenvalue weighted by Gasteiger charge is -2.31. The largest absolute Gasteiger partial charge is 0.374 e. The van der Waals surface area contributed by atoms with Crippen LogP contribution in [0.1, 0.15) is 17.9 Å². The fourth-order valence-corrected chi connectivity index (χ4v) is 3.40. The summed E-state index contributed by atoms with van der Waals surface area (Å²) in [6, 6.07) is 0. The first-order valence-corrected chi connectivity index (χ1v) is 8.40. The lowest BCUT2D eigenvalue weighted by Crippen LogP contribution is -2.49. The van der Waals surface area contributed by atoms with Gasteiger partial charge in [0.1, 0.15) is 0 Å². The van der Waals surface area contributed by atoms with Crippen molar-refractivity contribution >= 4 is 5.96 Å². The number of hydrogen-bond donors (Lipinski definition) is 1. The number of aliphatic imine (C=N–C) groups is 1. The third-order valence-corrected chi connectivity index (χ3v) is 4.73. The van der Waals surface area contributed by atoms with Gasteiger partial charge in [0.25, 0.3) is 0 Å². The van der Waals surface area contributed by atoms with E-state index in [1.807, 2.05) is 25.0 Å². The summed E-state index contributed by atoms with van der Waals surface area (Å²) in [4.78, 5) is 9.10. The average Bonchev–Trinajstić information content (AvgIpc) is 3.17. The van der Waals surface area contributed by atoms with Gasteiger partial charge < -0.3 is 19.9 Å². The van der Waals surface area contributed by atoms with E-state index >= 15 is 0 Å². The Morgan fingerprint density at radius 2 is 2.26 bits per heavy atom. The van der Waals surface area contributed by atoms with Crippen LogP contribution in [0.5, 0.6) is 0 Å². The fourth-order valence-electron chi connectivity index (χ4n) is 3.40. The van der Waals surface area contributed by atoms with Gasteiger partial charge in [-0.3, -0.25) is 9.67 Å². The van der Waals surface area contributed by atoms with Crippen molar-refractivity contribution in [1.82, 2.24) is 24.9 Å². The normalized spacial score (nSPS) is 26.7. The van der Waals surface area contributed by atoms with Gasteiger partial charge in [0.2, 0.25) is 0 Å². The zero-order chi connectivity index (χ0) is 16.2. The molecule has 2 aliphatic rings. The van der Waals surface area contributed by atoms with Crippen molar-refractivity contribution in [1.29, 1.82) is 0 Å². The Morgan fingerprint density at radius 3 is 2.96 bits per heavy atom. The number of likely N-dealkylation sites (N-methyl/N-ethyl adjacent to an activating group) is 1. The molecule has 2 saturated heterocycles. The molecule has 7 heteroatoms. The lowest BCUT2D eigenvalue weighted by molar-refractivity contribution is -0.0163. The van der Waals surface area contributed by atoms with Crippen molar-refractivity contribution in [2.45, 2.75) is 18.4 Å². The third-order valence-electron chi connectivity index (χ3n) is 4.73. The van der Waals surface area contributed by atoms with E-state index in [0.29, 0.717) is 5.92 Å². The van der Waals surface area contributed by atoms with Crippen LogP contribution in [0, 0.1) is 0 Å². The van der Waals surface area contributed by atoms with E-state index in [2.05, 4.69) is 38.5 Å². The first-order chi connectivity index (χ1) is 11.2. The lowest BCUT2D eigenvalue weighted by atomic mass is 10.0. The predicted molar refractivity (Wildman–Crippen MR) is 90.7 cm³/mol. The molecule has 1 aromatic heterocycles. The second-order valence-electron chi connectivity index (χ2n) is 6.56. The van der Waals surface area contributed by atoms with E-state index in [0.717, 1.165) is 51.7 Å². The number of nitrogens with one attached hydrogen (secondary N) is 1. The van der Waals surface area contributed by atoms with Gasteiger partial charge in [0.05, 0.1) is 18.9 Å². The van der Waals surface area contributed by atoms with Crippen molar-refractivity contribution in [2.24, 2.45) is 12.0 Å². The first kappa shape index (κ1) is 16.3. The molecule has 2 aliphatic heterocycles. The van der Waals surface area contributed by atoms with Crippen LogP contribution in [0.4, 0.5) is 0 Å². The first-order valence-electron chi connectivity index (χ1n) is 8.40. The molecule has 1 aromatic rings. The number of likely N-dealkylation sites (tertiary alicyclic amines) is 1. The van der Waals surface area contributed by atoms with Gasteiger partial charge in [0.15, 0.2) is 5.96 Å². The summed E-state index contributed by atoms with van der Waals surface area (Å²) in [6.45, 7) is 5.65. The Hall–Kier alpha value is -1.60. The maximum atomic E-state index is 5.81. The van der Waals surface area contributed by atoms with Crippen LogP contribution < -0.4 is 5.32 Å². The molecule has 2 fully saturated rings. The van der Waals surface area contributed by atoms with Crippen molar-refractivity contribution in [3.8, 4) is 0 Å². The smallest absolute Gasteiger partial charge is 0.193 e. The Bertz CT molecular complexity index is 542. The highest BCUT2D eigenvalue weighted by molar-refractivity contribution is 5.80. The number of nitrogens with zero attached hydrogens (tertiary/aromatic N) is 5. The van der Waals surface area contributed by atoms with E-state index in [-0.39, 0.29) is 6.10 Å². The molecule has 128 valence electrons. The summed E-state index contributed by atoms with van der Waals surface area (Å²) in [5.74, 6) is 1.52. The van der Waals surface area contributed by atoms with Crippen molar-refractivity contribution < 1.29 is 4.74 Å². The number of rotatable bonds is 3. The van der Waals surface area contributed by atoms with Gasteiger partial charge in [-0.25, -0.2) is 0 Å². The van der Waals surface area contributed by atoms with E-state index < -0.39 is 0 Å². The number of morpholine rings is 1. The molecule has 0 aliphatic carbocycles. The van der Waals surface area contributed by atoms with E-state index in [4.69, 9.17) is 4.74 Å². The van der Waals surface area contributed by atoms with Gasteiger partial charge in [-0.15, -0.1) is 0 Å². The number of hydrogen-bond acceptors (Lipinski definition) is 4. The second kappa shape index (κ2) is 7.31. The third kappa shape index (κ3) is 4.03. The highest BCUT2D eigenvalue weighted by atomic mass is 16.5. The number of ether oxygens (including phenoxy) is 1. The molecule has 0 saturated carbocycles. The summed E-state index contributed by atoms with van der Waals surface area (Å²) < 4.78 is 7.69. The van der Waals surface area contributed by atoms with Crippen LogP contribution in [-0.2, 0) is 11.8 Å². The van der Waals surface area contributed by atoms with Crippen molar-refractivity contribution in [3.63, 3.8) is 0 Å². The summed E-state index contributed by atoms with van der Waals surface area (Å²) in [5.41, 5.74) is 1.32. The number of guanidine groups is 1. The summed E-state index contributed by atoms with van der Waals surface area (Å²) >= 11 is 0. The Morgan fingerprint density at radius 1 is 1.39 bits per heavy atom. The Labute approximate surface area is 138 Å². The van der Waals surface area contributed by atoms with Crippen LogP contribution >= 0.6 is 0 Å². The van der Waals surface area contributed by atoms with Gasteiger partial charge in [-0.1, -0.05) is 0 Å². The maximum absolute atomic E-state index is 5.81. The maximum Gasteiger partial charge on any atom is 0.193 e. The molecule has 2 unspecified atom stereocenters. The molecular formula is C16H28N6O. The molecule has 2 atom stereocenters. The summed E-state index contributed by atoms with van der Waals surface area (Å²) in [7, 11) is 5.97. The summed E-state index contributed by atoms with van der Waals surface area (Å²) in [6.07, 6.45) is 5.49. The summed E-state index contributed by atoms with van der Waals surface area (Å²) in [5, 5.41) is 7.77. The van der Waals surface area contributed by atoms with E-state index in [9.17, 15) is 0 Å². The molecule has 1 N–H and O–H groups in total. The topological polar surface area (TPSA) is 57.9 Å². The molecule has 3 heterocycles. The van der Waals surface area contributed by atoms with Crippen LogP contribution in [-0.4, -0.2) is 85.1 Å². The molecule has 7 nitrogen and oxygen atoms in total. The van der Waals surface area contributed by atoms with Crippen molar-refractivity contribution in [2.75, 3.05) is 53.4 Å². The SMILES string of the molecule is CN=C(NCC1CN(C)CCO1)N1CCC(c2cnn(C)c2)C1. The van der Waals surface area contributed by atoms with E-state index in [1.54, 1.807) is 0 Å². The second-order valence-corrected chi connectivity index (χ2v) is 6.56. The Balaban J connectivity index is 1.51. The number of aromatic nitrogens is 2. The zero-order valence-corrected chi connectivity index (χ0v) is 14.4. The minimum atomic E-state index is 0.238. The fraction of sp³-hybridized carbons (Fsp3) is 0.750. The minimum Gasteiger partial charge on any atom is -0.374 e. The van der Waals surface area contributed by atoms with Crippen molar-refractivity contribution in [3.05, 3.63) is 18.0 Å². The standard InChI is InChI=1S/C16H28N6O/c1-17-16(18-9-15-12-20(2)6-7-23-15)22-5-4-13(11-22)14-8-19-21(3)10-14/h8,10,13,15H,4-7,9,11-12H2,1-3H3,(H,17,18).